The third kappa shape index (κ3) is 3.20. The summed E-state index contributed by atoms with van der Waals surface area (Å²) in [4.78, 5) is 10.9. The van der Waals surface area contributed by atoms with Crippen LogP contribution in [-0.4, -0.2) is 23.6 Å². The molecule has 1 heterocycles. The van der Waals surface area contributed by atoms with E-state index in [9.17, 15) is 0 Å². The van der Waals surface area contributed by atoms with Crippen molar-refractivity contribution in [1.82, 2.24) is 9.97 Å². The van der Waals surface area contributed by atoms with E-state index in [0.717, 1.165) is 24.6 Å². The van der Waals surface area contributed by atoms with Crippen molar-refractivity contribution in [2.75, 3.05) is 23.8 Å². The standard InChI is InChI=1S/C14H18N4/c1-3-15-14-10-16-12(9-17-14)11-18(2)13-7-5-4-6-8-13/h4-10H,3,11H2,1-2H3,(H,15,17). The molecule has 0 aliphatic carbocycles. The van der Waals surface area contributed by atoms with Gasteiger partial charge in [0.2, 0.25) is 0 Å². The number of benzene rings is 1. The van der Waals surface area contributed by atoms with Crippen LogP contribution in [0.25, 0.3) is 0 Å². The fourth-order valence-electron chi connectivity index (χ4n) is 1.73. The Morgan fingerprint density at radius 1 is 1.11 bits per heavy atom. The van der Waals surface area contributed by atoms with E-state index >= 15 is 0 Å². The fourth-order valence-corrected chi connectivity index (χ4v) is 1.73. The first-order chi connectivity index (χ1) is 8.79. The van der Waals surface area contributed by atoms with Crippen LogP contribution in [0.2, 0.25) is 0 Å². The zero-order valence-corrected chi connectivity index (χ0v) is 10.8. The maximum absolute atomic E-state index is 4.40. The van der Waals surface area contributed by atoms with E-state index in [-0.39, 0.29) is 0 Å². The molecule has 4 nitrogen and oxygen atoms in total. The molecule has 0 bridgehead atoms. The van der Waals surface area contributed by atoms with Crippen LogP contribution >= 0.6 is 0 Å². The Bertz CT molecular complexity index is 467. The van der Waals surface area contributed by atoms with Crippen LogP contribution in [0.15, 0.2) is 42.7 Å². The summed E-state index contributed by atoms with van der Waals surface area (Å²) >= 11 is 0. The SMILES string of the molecule is CCNc1cnc(CN(C)c2ccccc2)cn1. The summed E-state index contributed by atoms with van der Waals surface area (Å²) in [5, 5.41) is 3.13. The number of rotatable bonds is 5. The van der Waals surface area contributed by atoms with E-state index in [2.05, 4.69) is 39.4 Å². The molecule has 0 amide bonds. The Balaban J connectivity index is 2.01. The van der Waals surface area contributed by atoms with Crippen LogP contribution in [-0.2, 0) is 6.54 Å². The Kier molecular flexibility index (Phi) is 4.12. The van der Waals surface area contributed by atoms with Gasteiger partial charge in [-0.3, -0.25) is 4.98 Å². The summed E-state index contributed by atoms with van der Waals surface area (Å²) < 4.78 is 0. The van der Waals surface area contributed by atoms with Crippen LogP contribution in [0.1, 0.15) is 12.6 Å². The molecule has 0 atom stereocenters. The second-order valence-electron chi connectivity index (χ2n) is 4.11. The van der Waals surface area contributed by atoms with E-state index in [1.54, 1.807) is 6.20 Å². The van der Waals surface area contributed by atoms with Crippen LogP contribution in [0.4, 0.5) is 11.5 Å². The summed E-state index contributed by atoms with van der Waals surface area (Å²) in [5.41, 5.74) is 2.14. The van der Waals surface area contributed by atoms with Crippen LogP contribution in [0, 0.1) is 0 Å². The minimum atomic E-state index is 0.753. The van der Waals surface area contributed by atoms with Crippen molar-refractivity contribution < 1.29 is 0 Å². The molecule has 2 rings (SSSR count). The van der Waals surface area contributed by atoms with Gasteiger partial charge in [0.1, 0.15) is 5.82 Å². The van der Waals surface area contributed by atoms with Crippen molar-refractivity contribution >= 4 is 11.5 Å². The predicted octanol–water partition coefficient (Wildman–Crippen LogP) is 2.54. The maximum atomic E-state index is 4.40. The second kappa shape index (κ2) is 6.00. The lowest BCUT2D eigenvalue weighted by Gasteiger charge is -2.18. The highest BCUT2D eigenvalue weighted by molar-refractivity contribution is 5.45. The first-order valence-corrected chi connectivity index (χ1v) is 6.10. The first kappa shape index (κ1) is 12.4. The molecule has 0 saturated heterocycles. The molecule has 0 saturated carbocycles. The van der Waals surface area contributed by atoms with E-state index in [1.165, 1.54) is 5.69 Å². The Morgan fingerprint density at radius 2 is 1.89 bits per heavy atom. The molecule has 0 aliphatic rings. The van der Waals surface area contributed by atoms with Crippen molar-refractivity contribution in [3.63, 3.8) is 0 Å². The molecule has 0 fully saturated rings. The molecule has 0 radical (unpaired) electrons. The van der Waals surface area contributed by atoms with Gasteiger partial charge < -0.3 is 10.2 Å². The van der Waals surface area contributed by atoms with Gasteiger partial charge in [-0.05, 0) is 19.1 Å². The van der Waals surface area contributed by atoms with Gasteiger partial charge >= 0.3 is 0 Å². The highest BCUT2D eigenvalue weighted by Crippen LogP contribution is 2.13. The van der Waals surface area contributed by atoms with Gasteiger partial charge in [0.15, 0.2) is 0 Å². The zero-order chi connectivity index (χ0) is 12.8. The summed E-state index contributed by atoms with van der Waals surface area (Å²) in [6.07, 6.45) is 3.59. The quantitative estimate of drug-likeness (QED) is 0.874. The average Bonchev–Trinajstić information content (AvgIpc) is 2.42. The number of para-hydroxylation sites is 1. The zero-order valence-electron chi connectivity index (χ0n) is 10.8. The molecule has 1 aromatic carbocycles. The normalized spacial score (nSPS) is 10.1. The molecule has 1 aromatic heterocycles. The van der Waals surface area contributed by atoms with Crippen LogP contribution in [0.3, 0.4) is 0 Å². The highest BCUT2D eigenvalue weighted by Gasteiger charge is 2.03. The lowest BCUT2D eigenvalue weighted by atomic mass is 10.3. The van der Waals surface area contributed by atoms with Gasteiger partial charge in [-0.2, -0.15) is 0 Å². The summed E-state index contributed by atoms with van der Waals surface area (Å²) in [5.74, 6) is 0.823. The molecular weight excluding hydrogens is 224 g/mol. The van der Waals surface area contributed by atoms with Gasteiger partial charge in [-0.15, -0.1) is 0 Å². The summed E-state index contributed by atoms with van der Waals surface area (Å²) in [6, 6.07) is 10.3. The molecule has 18 heavy (non-hydrogen) atoms. The Morgan fingerprint density at radius 3 is 2.50 bits per heavy atom. The van der Waals surface area contributed by atoms with Crippen LogP contribution < -0.4 is 10.2 Å². The van der Waals surface area contributed by atoms with Crippen molar-refractivity contribution in [3.8, 4) is 0 Å². The molecular formula is C14H18N4. The van der Waals surface area contributed by atoms with Gasteiger partial charge in [-0.1, -0.05) is 18.2 Å². The first-order valence-electron chi connectivity index (χ1n) is 6.10. The Labute approximate surface area is 108 Å². The number of anilines is 2. The van der Waals surface area contributed by atoms with Crippen LogP contribution in [0.5, 0.6) is 0 Å². The average molecular weight is 242 g/mol. The summed E-state index contributed by atoms with van der Waals surface area (Å²) in [6.45, 7) is 3.65. The van der Waals surface area contributed by atoms with Gasteiger partial charge in [-0.25, -0.2) is 4.98 Å². The van der Waals surface area contributed by atoms with E-state index in [1.807, 2.05) is 31.3 Å². The predicted molar refractivity (Wildman–Crippen MR) is 74.7 cm³/mol. The van der Waals surface area contributed by atoms with Crippen molar-refractivity contribution in [1.29, 1.82) is 0 Å². The van der Waals surface area contributed by atoms with Crippen molar-refractivity contribution in [3.05, 3.63) is 48.4 Å². The molecule has 1 N–H and O–H groups in total. The molecule has 94 valence electrons. The topological polar surface area (TPSA) is 41.1 Å². The highest BCUT2D eigenvalue weighted by atomic mass is 15.1. The minimum absolute atomic E-state index is 0.753. The maximum Gasteiger partial charge on any atom is 0.144 e. The second-order valence-corrected chi connectivity index (χ2v) is 4.11. The number of aromatic nitrogens is 2. The monoisotopic (exact) mass is 242 g/mol. The minimum Gasteiger partial charge on any atom is -0.369 e. The van der Waals surface area contributed by atoms with Crippen molar-refractivity contribution in [2.45, 2.75) is 13.5 Å². The molecule has 0 aliphatic heterocycles. The summed E-state index contributed by atoms with van der Waals surface area (Å²) in [7, 11) is 2.05. The molecule has 0 unspecified atom stereocenters. The fraction of sp³-hybridized carbons (Fsp3) is 0.286. The third-order valence-electron chi connectivity index (χ3n) is 2.66. The van der Waals surface area contributed by atoms with Crippen molar-refractivity contribution in [2.24, 2.45) is 0 Å². The largest absolute Gasteiger partial charge is 0.369 e. The lowest BCUT2D eigenvalue weighted by Crippen LogP contribution is -2.17. The van der Waals surface area contributed by atoms with Gasteiger partial charge in [0.05, 0.1) is 24.6 Å². The molecule has 4 heteroatoms. The van der Waals surface area contributed by atoms with E-state index in [4.69, 9.17) is 0 Å². The van der Waals surface area contributed by atoms with Gasteiger partial charge in [0.25, 0.3) is 0 Å². The molecule has 2 aromatic rings. The smallest absolute Gasteiger partial charge is 0.144 e. The number of nitrogens with one attached hydrogen (secondary N) is 1. The van der Waals surface area contributed by atoms with E-state index in [0.29, 0.717) is 0 Å². The third-order valence-corrected chi connectivity index (χ3v) is 2.66. The molecule has 0 spiro atoms. The lowest BCUT2D eigenvalue weighted by molar-refractivity contribution is 0.873. The number of hydrogen-bond acceptors (Lipinski definition) is 4. The van der Waals surface area contributed by atoms with E-state index < -0.39 is 0 Å². The van der Waals surface area contributed by atoms with Gasteiger partial charge in [0, 0.05) is 19.3 Å². The number of hydrogen-bond donors (Lipinski definition) is 1. The Hall–Kier alpha value is -2.10. The number of nitrogens with zero attached hydrogens (tertiary/aromatic N) is 3.